The first-order valence-corrected chi connectivity index (χ1v) is 8.38. The van der Waals surface area contributed by atoms with Gasteiger partial charge in [0.1, 0.15) is 5.01 Å². The first-order valence-electron chi connectivity index (χ1n) is 7.12. The van der Waals surface area contributed by atoms with Crippen LogP contribution in [0.1, 0.15) is 22.1 Å². The lowest BCUT2D eigenvalue weighted by Gasteiger charge is -2.32. The Morgan fingerprint density at radius 2 is 1.70 bits per heavy atom. The molecule has 0 saturated carbocycles. The van der Waals surface area contributed by atoms with Crippen LogP contribution in [0.3, 0.4) is 0 Å². The lowest BCUT2D eigenvalue weighted by Crippen LogP contribution is -2.42. The van der Waals surface area contributed by atoms with E-state index in [4.69, 9.17) is 17.3 Å². The van der Waals surface area contributed by atoms with E-state index in [1.165, 1.54) is 11.3 Å². The van der Waals surface area contributed by atoms with Crippen LogP contribution in [0.5, 0.6) is 0 Å². The number of alkyl halides is 1. The molecule has 2 atom stereocenters. The zero-order valence-corrected chi connectivity index (χ0v) is 13.8. The van der Waals surface area contributed by atoms with Crippen LogP contribution in [-0.2, 0) is 9.67 Å². The molecule has 0 aliphatic carbocycles. The molecule has 23 heavy (non-hydrogen) atoms. The van der Waals surface area contributed by atoms with Crippen molar-refractivity contribution in [3.05, 3.63) is 88.4 Å². The first-order chi connectivity index (χ1) is 11.1. The molecule has 0 fully saturated rings. The fourth-order valence-corrected chi connectivity index (χ4v) is 3.95. The van der Waals surface area contributed by atoms with Gasteiger partial charge in [0.15, 0.2) is 4.87 Å². The van der Waals surface area contributed by atoms with Gasteiger partial charge < -0.3 is 5.73 Å². The quantitative estimate of drug-likeness (QED) is 0.715. The maximum Gasteiger partial charge on any atom is 0.244 e. The molecule has 0 bridgehead atoms. The van der Waals surface area contributed by atoms with Crippen molar-refractivity contribution < 1.29 is 4.79 Å². The van der Waals surface area contributed by atoms with Crippen molar-refractivity contribution >= 4 is 28.8 Å². The van der Waals surface area contributed by atoms with Crippen molar-refractivity contribution in [3.63, 3.8) is 0 Å². The molecular formula is C18H15ClN2OS. The molecule has 1 heterocycles. The van der Waals surface area contributed by atoms with E-state index in [1.54, 1.807) is 6.20 Å². The van der Waals surface area contributed by atoms with Gasteiger partial charge in [-0.05, 0) is 11.1 Å². The minimum Gasteiger partial charge on any atom is -0.368 e. The Bertz CT molecular complexity index is 777. The molecule has 2 N–H and O–H groups in total. The molecule has 0 aliphatic heterocycles. The second-order valence-corrected chi connectivity index (χ2v) is 6.68. The van der Waals surface area contributed by atoms with E-state index in [0.717, 1.165) is 10.6 Å². The first kappa shape index (κ1) is 15.7. The molecule has 3 aromatic rings. The van der Waals surface area contributed by atoms with E-state index >= 15 is 0 Å². The Hall–Kier alpha value is -2.17. The van der Waals surface area contributed by atoms with Crippen LogP contribution in [0.15, 0.2) is 72.2 Å². The number of aromatic nitrogens is 1. The minimum atomic E-state index is -1.40. The van der Waals surface area contributed by atoms with Crippen molar-refractivity contribution in [1.82, 2.24) is 4.98 Å². The lowest BCUT2D eigenvalue weighted by molar-refractivity contribution is -0.121. The largest absolute Gasteiger partial charge is 0.368 e. The molecule has 3 rings (SSSR count). The van der Waals surface area contributed by atoms with Gasteiger partial charge in [-0.3, -0.25) is 4.79 Å². The molecular weight excluding hydrogens is 328 g/mol. The van der Waals surface area contributed by atoms with Crippen LogP contribution < -0.4 is 5.73 Å². The number of hydrogen-bond donors (Lipinski definition) is 1. The number of hydrogen-bond acceptors (Lipinski definition) is 3. The molecule has 3 nitrogen and oxygen atoms in total. The molecule has 0 aliphatic rings. The van der Waals surface area contributed by atoms with E-state index in [0.29, 0.717) is 5.56 Å². The fraction of sp³-hybridized carbons (Fsp3) is 0.111. The van der Waals surface area contributed by atoms with Gasteiger partial charge in [0.2, 0.25) is 5.91 Å². The highest BCUT2D eigenvalue weighted by Crippen LogP contribution is 2.47. The highest BCUT2D eigenvalue weighted by molar-refractivity contribution is 7.09. The fourth-order valence-electron chi connectivity index (χ4n) is 2.70. The molecule has 5 heteroatoms. The van der Waals surface area contributed by atoms with Crippen LogP contribution in [0, 0.1) is 0 Å². The monoisotopic (exact) mass is 342 g/mol. The smallest absolute Gasteiger partial charge is 0.244 e. The topological polar surface area (TPSA) is 56.0 Å². The number of carbonyl (C=O) groups is 1. The molecule has 1 aromatic heterocycles. The predicted octanol–water partition coefficient (Wildman–Crippen LogP) is 3.89. The van der Waals surface area contributed by atoms with Crippen molar-refractivity contribution in [2.75, 3.05) is 0 Å². The van der Waals surface area contributed by atoms with E-state index in [9.17, 15) is 4.79 Å². The van der Waals surface area contributed by atoms with Crippen LogP contribution in [-0.4, -0.2) is 10.9 Å². The molecule has 2 aromatic carbocycles. The number of halogens is 1. The maximum absolute atomic E-state index is 12.4. The highest BCUT2D eigenvalue weighted by Gasteiger charge is 2.47. The normalized spacial score (nSPS) is 14.8. The van der Waals surface area contributed by atoms with E-state index in [-0.39, 0.29) is 0 Å². The van der Waals surface area contributed by atoms with Crippen LogP contribution in [0.25, 0.3) is 0 Å². The van der Waals surface area contributed by atoms with Gasteiger partial charge in [-0.15, -0.1) is 22.9 Å². The van der Waals surface area contributed by atoms with Crippen LogP contribution in [0.2, 0.25) is 0 Å². The molecule has 0 saturated heterocycles. The van der Waals surface area contributed by atoms with Crippen LogP contribution >= 0.6 is 22.9 Å². The molecule has 2 unspecified atom stereocenters. The second kappa shape index (κ2) is 6.52. The van der Waals surface area contributed by atoms with Gasteiger partial charge in [-0.25, -0.2) is 4.98 Å². The van der Waals surface area contributed by atoms with E-state index in [2.05, 4.69) is 4.98 Å². The van der Waals surface area contributed by atoms with Gasteiger partial charge in [-0.2, -0.15) is 0 Å². The minimum absolute atomic E-state index is 0.453. The third-order valence-corrected chi connectivity index (χ3v) is 5.24. The van der Waals surface area contributed by atoms with Crippen molar-refractivity contribution in [2.45, 2.75) is 10.8 Å². The number of amides is 1. The summed E-state index contributed by atoms with van der Waals surface area (Å²) >= 11 is 8.35. The van der Waals surface area contributed by atoms with Gasteiger partial charge in [0, 0.05) is 11.6 Å². The Labute approximate surface area is 143 Å². The average molecular weight is 343 g/mol. The summed E-state index contributed by atoms with van der Waals surface area (Å²) in [5.74, 6) is -1.04. The zero-order valence-electron chi connectivity index (χ0n) is 12.2. The number of primary amides is 1. The zero-order chi connectivity index (χ0) is 16.3. The summed E-state index contributed by atoms with van der Waals surface area (Å²) in [6, 6.07) is 18.8. The molecule has 116 valence electrons. The Kier molecular flexibility index (Phi) is 4.46. The van der Waals surface area contributed by atoms with Crippen molar-refractivity contribution in [3.8, 4) is 0 Å². The number of carbonyl (C=O) groups excluding carboxylic acids is 1. The number of rotatable bonds is 5. The second-order valence-electron chi connectivity index (χ2n) is 5.16. The summed E-state index contributed by atoms with van der Waals surface area (Å²) < 4.78 is 0. The molecule has 0 spiro atoms. The number of thiazole rings is 1. The van der Waals surface area contributed by atoms with Gasteiger partial charge in [0.25, 0.3) is 0 Å². The van der Waals surface area contributed by atoms with E-state index < -0.39 is 16.7 Å². The highest BCUT2D eigenvalue weighted by atomic mass is 35.5. The number of benzene rings is 2. The average Bonchev–Trinajstić information content (AvgIpc) is 3.10. The summed E-state index contributed by atoms with van der Waals surface area (Å²) in [5.41, 5.74) is 7.32. The third-order valence-electron chi connectivity index (χ3n) is 3.78. The van der Waals surface area contributed by atoms with E-state index in [1.807, 2.05) is 66.0 Å². The number of nitrogens with zero attached hydrogens (tertiary/aromatic N) is 1. The Balaban J connectivity index is 2.23. The Morgan fingerprint density at radius 1 is 1.09 bits per heavy atom. The maximum atomic E-state index is 12.4. The standard InChI is InChI=1S/C18H15ClN2OS/c19-18(17(20)22,14-9-5-2-6-10-14)15(16-21-11-12-23-16)13-7-3-1-4-8-13/h1-12,15H,(H2,20,22). The summed E-state index contributed by atoms with van der Waals surface area (Å²) in [4.78, 5) is 15.4. The lowest BCUT2D eigenvalue weighted by atomic mass is 9.80. The Morgan fingerprint density at radius 3 is 2.22 bits per heavy atom. The number of nitrogens with two attached hydrogens (primary N) is 1. The molecule has 0 radical (unpaired) electrons. The summed E-state index contributed by atoms with van der Waals surface area (Å²) in [6.07, 6.45) is 1.71. The van der Waals surface area contributed by atoms with Crippen molar-refractivity contribution in [2.24, 2.45) is 5.73 Å². The summed E-state index contributed by atoms with van der Waals surface area (Å²) in [6.45, 7) is 0. The SMILES string of the molecule is NC(=O)C(Cl)(c1ccccc1)C(c1ccccc1)c1nccs1. The van der Waals surface area contributed by atoms with Gasteiger partial charge in [-0.1, -0.05) is 60.7 Å². The van der Waals surface area contributed by atoms with Gasteiger partial charge in [0.05, 0.1) is 5.92 Å². The summed E-state index contributed by atoms with van der Waals surface area (Å²) in [7, 11) is 0. The third kappa shape index (κ3) is 2.87. The summed E-state index contributed by atoms with van der Waals surface area (Å²) in [5, 5.41) is 2.63. The van der Waals surface area contributed by atoms with Crippen LogP contribution in [0.4, 0.5) is 0 Å². The molecule has 1 amide bonds. The predicted molar refractivity (Wildman–Crippen MR) is 93.6 cm³/mol. The van der Waals surface area contributed by atoms with Gasteiger partial charge >= 0.3 is 0 Å². The van der Waals surface area contributed by atoms with Crippen molar-refractivity contribution in [1.29, 1.82) is 0 Å².